The van der Waals surface area contributed by atoms with Gasteiger partial charge in [0.2, 0.25) is 5.91 Å². The van der Waals surface area contributed by atoms with Crippen LogP contribution in [0.25, 0.3) is 0 Å². The van der Waals surface area contributed by atoms with Crippen LogP contribution < -0.4 is 9.64 Å². The second kappa shape index (κ2) is 8.24. The molecule has 1 aromatic heterocycles. The summed E-state index contributed by atoms with van der Waals surface area (Å²) in [7, 11) is 0. The molecule has 0 atom stereocenters. The van der Waals surface area contributed by atoms with E-state index in [0.717, 1.165) is 28.1 Å². The molecule has 0 saturated carbocycles. The number of hydrogen-bond donors (Lipinski definition) is 0. The molecule has 2 aromatic carbocycles. The maximum atomic E-state index is 12.4. The van der Waals surface area contributed by atoms with Gasteiger partial charge in [-0.3, -0.25) is 9.69 Å². The van der Waals surface area contributed by atoms with Crippen molar-refractivity contribution < 1.29 is 9.53 Å². The van der Waals surface area contributed by atoms with E-state index in [9.17, 15) is 4.79 Å². The predicted molar refractivity (Wildman–Crippen MR) is 111 cm³/mol. The summed E-state index contributed by atoms with van der Waals surface area (Å²) in [6.45, 7) is 7.87. The quantitative estimate of drug-likeness (QED) is 0.599. The largest absolute Gasteiger partial charge is 0.487 e. The minimum atomic E-state index is -0.0846. The van der Waals surface area contributed by atoms with Crippen molar-refractivity contribution in [3.8, 4) is 11.8 Å². The standard InChI is InChI=1S/C22H21N3O2S/c1-14-8-15(2)21(16(3)9-14)25(17(4)26)22-24-19(13-28-22)12-27-20-7-5-6-18(10-20)11-23/h5-10,13H,12H2,1-4H3. The Hall–Kier alpha value is -3.17. The minimum absolute atomic E-state index is 0.0846. The number of benzene rings is 2. The average Bonchev–Trinajstić information content (AvgIpc) is 3.11. The molecular formula is C22H21N3O2S. The highest BCUT2D eigenvalue weighted by Crippen LogP contribution is 2.34. The van der Waals surface area contributed by atoms with Gasteiger partial charge in [-0.15, -0.1) is 11.3 Å². The average molecular weight is 391 g/mol. The maximum Gasteiger partial charge on any atom is 0.230 e. The van der Waals surface area contributed by atoms with Crippen LogP contribution in [0, 0.1) is 32.1 Å². The maximum absolute atomic E-state index is 12.4. The third kappa shape index (κ3) is 4.21. The first-order valence-corrected chi connectivity index (χ1v) is 9.73. The summed E-state index contributed by atoms with van der Waals surface area (Å²) in [5.41, 5.74) is 5.39. The number of carbonyl (C=O) groups excluding carboxylic acids is 1. The molecule has 0 bridgehead atoms. The van der Waals surface area contributed by atoms with Crippen molar-refractivity contribution in [2.24, 2.45) is 0 Å². The van der Waals surface area contributed by atoms with Crippen molar-refractivity contribution >= 4 is 28.1 Å². The molecule has 5 nitrogen and oxygen atoms in total. The third-order valence-corrected chi connectivity index (χ3v) is 5.13. The number of ether oxygens (including phenoxy) is 1. The van der Waals surface area contributed by atoms with Crippen molar-refractivity contribution in [1.82, 2.24) is 4.98 Å². The second-order valence-corrected chi connectivity index (χ2v) is 7.49. The van der Waals surface area contributed by atoms with Gasteiger partial charge in [0.1, 0.15) is 12.4 Å². The van der Waals surface area contributed by atoms with Gasteiger partial charge in [-0.05, 0) is 50.1 Å². The van der Waals surface area contributed by atoms with Gasteiger partial charge in [0.15, 0.2) is 5.13 Å². The van der Waals surface area contributed by atoms with E-state index >= 15 is 0 Å². The van der Waals surface area contributed by atoms with E-state index in [4.69, 9.17) is 10.00 Å². The molecule has 0 radical (unpaired) electrons. The van der Waals surface area contributed by atoms with Crippen LogP contribution in [0.4, 0.5) is 10.8 Å². The summed E-state index contributed by atoms with van der Waals surface area (Å²) in [5, 5.41) is 11.5. The number of hydrogen-bond acceptors (Lipinski definition) is 5. The minimum Gasteiger partial charge on any atom is -0.487 e. The van der Waals surface area contributed by atoms with E-state index in [1.165, 1.54) is 11.3 Å². The summed E-state index contributed by atoms with van der Waals surface area (Å²) in [6, 6.07) is 13.2. The van der Waals surface area contributed by atoms with Crippen LogP contribution in [-0.2, 0) is 11.4 Å². The number of anilines is 2. The number of nitrogens with zero attached hydrogens (tertiary/aromatic N) is 3. The van der Waals surface area contributed by atoms with Gasteiger partial charge < -0.3 is 4.74 Å². The summed E-state index contributed by atoms with van der Waals surface area (Å²) >= 11 is 1.41. The van der Waals surface area contributed by atoms with Crippen molar-refractivity contribution in [2.75, 3.05) is 4.90 Å². The lowest BCUT2D eigenvalue weighted by molar-refractivity contribution is -0.115. The number of aromatic nitrogens is 1. The Labute approximate surface area is 168 Å². The predicted octanol–water partition coefficient (Wildman–Crippen LogP) is 5.20. The van der Waals surface area contributed by atoms with Gasteiger partial charge in [0.05, 0.1) is 23.0 Å². The molecule has 0 N–H and O–H groups in total. The summed E-state index contributed by atoms with van der Waals surface area (Å²) in [5.74, 6) is 0.529. The van der Waals surface area contributed by atoms with Gasteiger partial charge in [-0.25, -0.2) is 4.98 Å². The third-order valence-electron chi connectivity index (χ3n) is 4.25. The highest BCUT2D eigenvalue weighted by atomic mass is 32.1. The molecule has 28 heavy (non-hydrogen) atoms. The van der Waals surface area contributed by atoms with Crippen LogP contribution in [-0.4, -0.2) is 10.9 Å². The zero-order chi connectivity index (χ0) is 20.3. The van der Waals surface area contributed by atoms with Gasteiger partial charge in [-0.1, -0.05) is 23.8 Å². The molecule has 0 spiro atoms. The van der Waals surface area contributed by atoms with Gasteiger partial charge in [0.25, 0.3) is 0 Å². The molecule has 0 aliphatic rings. The number of aryl methyl sites for hydroxylation is 3. The Morgan fingerprint density at radius 2 is 1.93 bits per heavy atom. The number of amides is 1. The first kappa shape index (κ1) is 19.6. The first-order chi connectivity index (χ1) is 13.4. The molecule has 6 heteroatoms. The zero-order valence-corrected chi connectivity index (χ0v) is 17.1. The summed E-state index contributed by atoms with van der Waals surface area (Å²) in [6.07, 6.45) is 0. The Morgan fingerprint density at radius 3 is 2.57 bits per heavy atom. The molecule has 3 rings (SSSR count). The Bertz CT molecular complexity index is 1040. The van der Waals surface area contributed by atoms with Crippen LogP contribution in [0.15, 0.2) is 41.8 Å². The van der Waals surface area contributed by atoms with Crippen molar-refractivity contribution in [2.45, 2.75) is 34.3 Å². The highest BCUT2D eigenvalue weighted by Gasteiger charge is 2.22. The van der Waals surface area contributed by atoms with Gasteiger partial charge in [-0.2, -0.15) is 5.26 Å². The molecule has 0 fully saturated rings. The fraction of sp³-hybridized carbons (Fsp3) is 0.227. The van der Waals surface area contributed by atoms with E-state index in [0.29, 0.717) is 16.4 Å². The molecule has 3 aromatic rings. The zero-order valence-electron chi connectivity index (χ0n) is 16.3. The monoisotopic (exact) mass is 391 g/mol. The van der Waals surface area contributed by atoms with Crippen molar-refractivity contribution in [3.05, 3.63) is 69.7 Å². The number of rotatable bonds is 5. The van der Waals surface area contributed by atoms with Crippen molar-refractivity contribution in [1.29, 1.82) is 5.26 Å². The van der Waals surface area contributed by atoms with E-state index in [-0.39, 0.29) is 12.5 Å². The highest BCUT2D eigenvalue weighted by molar-refractivity contribution is 7.14. The Balaban J connectivity index is 1.84. The van der Waals surface area contributed by atoms with E-state index < -0.39 is 0 Å². The SMILES string of the molecule is CC(=O)N(c1nc(COc2cccc(C#N)c2)cs1)c1c(C)cc(C)cc1C. The smallest absolute Gasteiger partial charge is 0.230 e. The number of thiazole rings is 1. The Kier molecular flexibility index (Phi) is 5.76. The lowest BCUT2D eigenvalue weighted by Gasteiger charge is -2.23. The lowest BCUT2D eigenvalue weighted by atomic mass is 10.0. The topological polar surface area (TPSA) is 66.2 Å². The molecule has 0 aliphatic heterocycles. The van der Waals surface area contributed by atoms with E-state index in [2.05, 4.69) is 23.2 Å². The molecule has 142 valence electrons. The Morgan fingerprint density at radius 1 is 1.21 bits per heavy atom. The molecule has 0 saturated heterocycles. The van der Waals surface area contributed by atoms with Gasteiger partial charge >= 0.3 is 0 Å². The number of nitriles is 1. The van der Waals surface area contributed by atoms with Crippen LogP contribution in [0.5, 0.6) is 5.75 Å². The fourth-order valence-electron chi connectivity index (χ4n) is 3.19. The molecule has 1 amide bonds. The van der Waals surface area contributed by atoms with E-state index in [1.807, 2.05) is 26.2 Å². The van der Waals surface area contributed by atoms with Gasteiger partial charge in [0, 0.05) is 12.3 Å². The first-order valence-electron chi connectivity index (χ1n) is 8.85. The van der Waals surface area contributed by atoms with Crippen LogP contribution in [0.1, 0.15) is 34.9 Å². The van der Waals surface area contributed by atoms with Crippen molar-refractivity contribution in [3.63, 3.8) is 0 Å². The lowest BCUT2D eigenvalue weighted by Crippen LogP contribution is -2.24. The molecular weight excluding hydrogens is 370 g/mol. The molecule has 0 unspecified atom stereocenters. The van der Waals surface area contributed by atoms with Crippen LogP contribution in [0.3, 0.4) is 0 Å². The van der Waals surface area contributed by atoms with E-state index in [1.54, 1.807) is 36.1 Å². The summed E-state index contributed by atoms with van der Waals surface area (Å²) < 4.78 is 5.75. The fourth-order valence-corrected chi connectivity index (χ4v) is 4.05. The molecule has 1 heterocycles. The molecule has 0 aliphatic carbocycles. The van der Waals surface area contributed by atoms with Crippen LogP contribution in [0.2, 0.25) is 0 Å². The number of carbonyl (C=O) groups is 1. The second-order valence-electron chi connectivity index (χ2n) is 6.65. The normalized spacial score (nSPS) is 10.4. The summed E-state index contributed by atoms with van der Waals surface area (Å²) in [4.78, 5) is 18.7. The van der Waals surface area contributed by atoms with Crippen LogP contribution >= 0.6 is 11.3 Å².